The summed E-state index contributed by atoms with van der Waals surface area (Å²) < 4.78 is 54.8. The Balaban J connectivity index is 2.04. The van der Waals surface area contributed by atoms with Crippen molar-refractivity contribution in [3.63, 3.8) is 0 Å². The van der Waals surface area contributed by atoms with Crippen LogP contribution in [0.4, 0.5) is 34.3 Å². The Hall–Kier alpha value is -4.43. The number of aromatic amines is 1. The molecule has 0 aliphatic heterocycles. The van der Waals surface area contributed by atoms with E-state index in [2.05, 4.69) is 29.9 Å². The van der Waals surface area contributed by atoms with Crippen LogP contribution in [0.2, 0.25) is 0 Å². The molecule has 0 saturated heterocycles. The molecule has 2 N–H and O–H groups in total. The first-order chi connectivity index (χ1) is 18.4. The molecule has 40 heavy (non-hydrogen) atoms. The fourth-order valence-electron chi connectivity index (χ4n) is 3.22. The first-order valence-electron chi connectivity index (χ1n) is 12.0. The zero-order chi connectivity index (χ0) is 29.9. The number of alkyl halides is 3. The van der Waals surface area contributed by atoms with Crippen LogP contribution in [0.5, 0.6) is 0 Å². The number of aromatic nitrogens is 4. The zero-order valence-electron chi connectivity index (χ0n) is 22.7. The summed E-state index contributed by atoms with van der Waals surface area (Å²) in [6, 6.07) is 3.74. The van der Waals surface area contributed by atoms with Gasteiger partial charge in [-0.1, -0.05) is 5.16 Å². The summed E-state index contributed by atoms with van der Waals surface area (Å²) in [6.45, 7) is 10.1. The third-order valence-corrected chi connectivity index (χ3v) is 4.76. The molecule has 2 aromatic heterocycles. The number of anilines is 2. The average Bonchev–Trinajstić information content (AvgIpc) is 3.23. The molecule has 2 heterocycles. The average molecular weight is 567 g/mol. The molecule has 0 atom stereocenters. The van der Waals surface area contributed by atoms with Crippen LogP contribution < -0.4 is 16.0 Å². The van der Waals surface area contributed by atoms with E-state index in [1.165, 1.54) is 6.20 Å². The summed E-state index contributed by atoms with van der Waals surface area (Å²) in [5.74, 6) is -1.32. The highest BCUT2D eigenvalue weighted by Gasteiger charge is 2.33. The molecule has 15 heteroatoms. The van der Waals surface area contributed by atoms with Crippen LogP contribution in [0.1, 0.15) is 52.8 Å². The second-order valence-corrected chi connectivity index (χ2v) is 10.5. The van der Waals surface area contributed by atoms with Crippen LogP contribution in [0, 0.1) is 0 Å². The van der Waals surface area contributed by atoms with Crippen molar-refractivity contribution in [1.29, 1.82) is 0 Å². The van der Waals surface area contributed by atoms with E-state index < -0.39 is 40.9 Å². The van der Waals surface area contributed by atoms with Gasteiger partial charge in [0.15, 0.2) is 11.5 Å². The third-order valence-electron chi connectivity index (χ3n) is 4.76. The largest absolute Gasteiger partial charge is 0.444 e. The highest BCUT2D eigenvalue weighted by molar-refractivity contribution is 5.98. The van der Waals surface area contributed by atoms with E-state index in [1.54, 1.807) is 41.5 Å². The number of rotatable bonds is 6. The molecule has 2 amide bonds. The van der Waals surface area contributed by atoms with Crippen LogP contribution >= 0.6 is 0 Å². The molecule has 3 rings (SSSR count). The first kappa shape index (κ1) is 30.1. The van der Waals surface area contributed by atoms with E-state index in [9.17, 15) is 27.6 Å². The minimum atomic E-state index is -4.60. The lowest BCUT2D eigenvalue weighted by Crippen LogP contribution is -2.35. The van der Waals surface area contributed by atoms with Gasteiger partial charge in [0, 0.05) is 13.0 Å². The Morgan fingerprint density at radius 2 is 1.65 bits per heavy atom. The summed E-state index contributed by atoms with van der Waals surface area (Å²) in [5.41, 5.74) is -2.45. The molecular weight excluding hydrogens is 537 g/mol. The number of carbonyl (C=O) groups excluding carboxylic acids is 2. The fourth-order valence-corrected chi connectivity index (χ4v) is 3.22. The Morgan fingerprint density at radius 1 is 1.02 bits per heavy atom. The molecule has 1 aromatic carbocycles. The van der Waals surface area contributed by atoms with Gasteiger partial charge in [-0.3, -0.25) is 9.51 Å². The van der Waals surface area contributed by atoms with Gasteiger partial charge < -0.3 is 14.8 Å². The zero-order valence-corrected chi connectivity index (χ0v) is 22.7. The Morgan fingerprint density at radius 3 is 2.17 bits per heavy atom. The van der Waals surface area contributed by atoms with Crippen molar-refractivity contribution < 1.29 is 36.8 Å². The molecule has 0 radical (unpaired) electrons. The van der Waals surface area contributed by atoms with Gasteiger partial charge in [-0.05, 0) is 65.8 Å². The van der Waals surface area contributed by atoms with E-state index in [0.717, 1.165) is 29.2 Å². The summed E-state index contributed by atoms with van der Waals surface area (Å²) in [6.07, 6.45) is -4.76. The molecule has 0 aliphatic carbocycles. The number of amides is 2. The number of nitrogens with zero attached hydrogens (tertiary/aromatic N) is 4. The molecule has 0 aliphatic rings. The third kappa shape index (κ3) is 8.28. The number of hydrogen-bond acceptors (Lipinski definition) is 9. The first-order valence-corrected chi connectivity index (χ1v) is 12.0. The fraction of sp³-hybridized carbons (Fsp3) is 0.440. The van der Waals surface area contributed by atoms with Gasteiger partial charge in [0.2, 0.25) is 5.82 Å². The van der Waals surface area contributed by atoms with Crippen molar-refractivity contribution >= 4 is 23.7 Å². The van der Waals surface area contributed by atoms with Crippen molar-refractivity contribution in [1.82, 2.24) is 25.4 Å². The predicted molar refractivity (Wildman–Crippen MR) is 136 cm³/mol. The smallest absolute Gasteiger partial charge is 0.439 e. The van der Waals surface area contributed by atoms with E-state index >= 15 is 0 Å². The van der Waals surface area contributed by atoms with Gasteiger partial charge in [-0.25, -0.2) is 29.3 Å². The number of hydrogen-bond donors (Lipinski definition) is 2. The number of halogens is 3. The number of alkyl carbamates (subject to hydrolysis) is 1. The summed E-state index contributed by atoms with van der Waals surface area (Å²) in [7, 11) is 0. The van der Waals surface area contributed by atoms with Crippen LogP contribution in [0.3, 0.4) is 0 Å². The highest BCUT2D eigenvalue weighted by Crippen LogP contribution is 2.35. The highest BCUT2D eigenvalue weighted by atomic mass is 19.4. The monoisotopic (exact) mass is 566 g/mol. The molecule has 0 bridgehead atoms. The van der Waals surface area contributed by atoms with Gasteiger partial charge in [0.1, 0.15) is 11.2 Å². The Labute approximate surface area is 226 Å². The second-order valence-electron chi connectivity index (χ2n) is 10.5. The summed E-state index contributed by atoms with van der Waals surface area (Å²) in [4.78, 5) is 49.0. The standard InChI is InChI=1S/C25H29F3N6O6/c1-23(2,3)38-20(35)29-12-11-15-13-30-19(17(31-15)18-32-21(36)40-33-18)34(22(37)39-24(4,5)6)16-9-7-14(8-10-16)25(26,27)28/h7-10,13H,11-12H2,1-6H3,(H,29,35)(H,32,33,36). The van der Waals surface area contributed by atoms with E-state index in [4.69, 9.17) is 9.47 Å². The van der Waals surface area contributed by atoms with Gasteiger partial charge >= 0.3 is 24.1 Å². The van der Waals surface area contributed by atoms with Crippen LogP contribution in [-0.2, 0) is 22.1 Å². The molecule has 3 aromatic rings. The van der Waals surface area contributed by atoms with Crippen LogP contribution in [-0.4, -0.2) is 50.0 Å². The molecular formula is C25H29F3N6O6. The molecule has 0 saturated carbocycles. The predicted octanol–water partition coefficient (Wildman–Crippen LogP) is 4.98. The number of ether oxygens (including phenoxy) is 2. The molecule has 0 spiro atoms. The number of H-pyrrole nitrogens is 1. The minimum absolute atomic E-state index is 0.0250. The van der Waals surface area contributed by atoms with Crippen molar-refractivity contribution in [3.8, 4) is 11.5 Å². The number of benzene rings is 1. The maximum atomic E-state index is 13.3. The Kier molecular flexibility index (Phi) is 8.55. The second kappa shape index (κ2) is 11.4. The summed E-state index contributed by atoms with van der Waals surface area (Å²) >= 11 is 0. The van der Waals surface area contributed by atoms with Crippen molar-refractivity contribution in [3.05, 3.63) is 52.3 Å². The van der Waals surface area contributed by atoms with Gasteiger partial charge in [0.05, 0.1) is 23.1 Å². The topological polar surface area (TPSA) is 153 Å². The lowest BCUT2D eigenvalue weighted by molar-refractivity contribution is -0.137. The van der Waals surface area contributed by atoms with E-state index in [-0.39, 0.29) is 36.0 Å². The lowest BCUT2D eigenvalue weighted by atomic mass is 10.1. The lowest BCUT2D eigenvalue weighted by Gasteiger charge is -2.27. The maximum absolute atomic E-state index is 13.3. The number of nitrogens with one attached hydrogen (secondary N) is 2. The van der Waals surface area contributed by atoms with Gasteiger partial charge in [0.25, 0.3) is 0 Å². The normalized spacial score (nSPS) is 12.1. The SMILES string of the molecule is CC(C)(C)OC(=O)NCCc1cnc(N(C(=O)OC(C)(C)C)c2ccc(C(F)(F)F)cc2)c(-c2noc(=O)[nH]2)n1. The van der Waals surface area contributed by atoms with Gasteiger partial charge in [-0.2, -0.15) is 13.2 Å². The summed E-state index contributed by atoms with van der Waals surface area (Å²) in [5, 5.41) is 6.21. The van der Waals surface area contributed by atoms with Crippen molar-refractivity contribution in [2.24, 2.45) is 0 Å². The maximum Gasteiger partial charge on any atom is 0.439 e. The van der Waals surface area contributed by atoms with E-state index in [1.807, 2.05) is 0 Å². The number of carbonyl (C=O) groups is 2. The van der Waals surface area contributed by atoms with Crippen molar-refractivity contribution in [2.45, 2.75) is 65.3 Å². The molecule has 216 valence electrons. The van der Waals surface area contributed by atoms with Gasteiger partial charge in [-0.15, -0.1) is 0 Å². The Bertz CT molecular complexity index is 1400. The molecule has 12 nitrogen and oxygen atoms in total. The van der Waals surface area contributed by atoms with Crippen molar-refractivity contribution in [2.75, 3.05) is 11.4 Å². The van der Waals surface area contributed by atoms with Crippen LogP contribution in [0.15, 0.2) is 39.8 Å². The molecule has 0 unspecified atom stereocenters. The minimum Gasteiger partial charge on any atom is -0.444 e. The molecule has 0 fully saturated rings. The van der Waals surface area contributed by atoms with E-state index in [0.29, 0.717) is 5.69 Å². The van der Waals surface area contributed by atoms with Crippen LogP contribution in [0.25, 0.3) is 11.5 Å². The quantitative estimate of drug-likeness (QED) is 0.421.